The van der Waals surface area contributed by atoms with Crippen molar-refractivity contribution in [2.75, 3.05) is 18.1 Å². The summed E-state index contributed by atoms with van der Waals surface area (Å²) in [6, 6.07) is 16.8. The molecular formula is C24H23F4N3S. The van der Waals surface area contributed by atoms with Gasteiger partial charge in [0.2, 0.25) is 0 Å². The monoisotopic (exact) mass is 461 g/mol. The highest BCUT2D eigenvalue weighted by molar-refractivity contribution is 8.00. The van der Waals surface area contributed by atoms with Gasteiger partial charge in [-0.15, -0.1) is 0 Å². The van der Waals surface area contributed by atoms with Crippen LogP contribution in [0.15, 0.2) is 71.8 Å². The molecule has 0 unspecified atom stereocenters. The first-order valence-electron chi connectivity index (χ1n) is 10.2. The van der Waals surface area contributed by atoms with Crippen molar-refractivity contribution in [3.8, 4) is 11.3 Å². The molecule has 3 aromatic rings. The zero-order valence-electron chi connectivity index (χ0n) is 17.7. The number of hydrogen-bond acceptors (Lipinski definition) is 4. The summed E-state index contributed by atoms with van der Waals surface area (Å²) in [6.07, 6.45) is 1.76. The van der Waals surface area contributed by atoms with Crippen LogP contribution in [0.3, 0.4) is 0 Å². The molecule has 3 nitrogen and oxygen atoms in total. The van der Waals surface area contributed by atoms with E-state index in [-0.39, 0.29) is 28.0 Å². The summed E-state index contributed by atoms with van der Waals surface area (Å²) in [7, 11) is 0. The Kier molecular flexibility index (Phi) is 6.18. The van der Waals surface area contributed by atoms with E-state index < -0.39 is 5.51 Å². The zero-order valence-corrected chi connectivity index (χ0v) is 18.6. The van der Waals surface area contributed by atoms with Crippen LogP contribution in [-0.2, 0) is 6.54 Å². The fourth-order valence-electron chi connectivity index (χ4n) is 3.88. The van der Waals surface area contributed by atoms with Crippen LogP contribution in [0.2, 0.25) is 0 Å². The molecule has 0 radical (unpaired) electrons. The van der Waals surface area contributed by atoms with Crippen LogP contribution in [0.4, 0.5) is 23.2 Å². The van der Waals surface area contributed by atoms with E-state index in [2.05, 4.69) is 28.6 Å². The van der Waals surface area contributed by atoms with E-state index in [1.807, 2.05) is 12.1 Å². The molecule has 1 aliphatic heterocycles. The van der Waals surface area contributed by atoms with Crippen molar-refractivity contribution in [3.63, 3.8) is 0 Å². The molecule has 168 valence electrons. The van der Waals surface area contributed by atoms with E-state index in [0.717, 1.165) is 29.1 Å². The molecule has 1 fully saturated rings. The average molecular weight is 462 g/mol. The molecule has 0 amide bonds. The van der Waals surface area contributed by atoms with Gasteiger partial charge in [-0.2, -0.15) is 13.2 Å². The number of thioether (sulfide) groups is 1. The molecule has 2 aromatic carbocycles. The van der Waals surface area contributed by atoms with Crippen molar-refractivity contribution in [1.29, 1.82) is 0 Å². The predicted octanol–water partition coefficient (Wildman–Crippen LogP) is 6.56. The lowest BCUT2D eigenvalue weighted by Crippen LogP contribution is -2.39. The molecule has 8 heteroatoms. The van der Waals surface area contributed by atoms with Gasteiger partial charge in [-0.05, 0) is 91.8 Å². The van der Waals surface area contributed by atoms with E-state index >= 15 is 0 Å². The van der Waals surface area contributed by atoms with Gasteiger partial charge >= 0.3 is 5.51 Å². The van der Waals surface area contributed by atoms with Gasteiger partial charge in [-0.1, -0.05) is 0 Å². The summed E-state index contributed by atoms with van der Waals surface area (Å²) >= 11 is -0.101. The van der Waals surface area contributed by atoms with Gasteiger partial charge in [0.15, 0.2) is 0 Å². The van der Waals surface area contributed by atoms with E-state index in [9.17, 15) is 17.6 Å². The SMILES string of the molecule is CC1(C)CN(c2ccc(SC(F)(F)F)cc2)CN1Cc1ccnc(-c2ccc(F)cc2)c1. The molecule has 0 aliphatic carbocycles. The van der Waals surface area contributed by atoms with Crippen molar-refractivity contribution >= 4 is 17.4 Å². The number of nitrogens with zero attached hydrogens (tertiary/aromatic N) is 3. The van der Waals surface area contributed by atoms with Gasteiger partial charge < -0.3 is 4.90 Å². The van der Waals surface area contributed by atoms with Crippen molar-refractivity contribution in [2.24, 2.45) is 0 Å². The highest BCUT2D eigenvalue weighted by atomic mass is 32.2. The third-order valence-electron chi connectivity index (χ3n) is 5.55. The molecule has 0 atom stereocenters. The van der Waals surface area contributed by atoms with E-state index in [1.165, 1.54) is 24.3 Å². The fraction of sp³-hybridized carbons (Fsp3) is 0.292. The predicted molar refractivity (Wildman–Crippen MR) is 120 cm³/mol. The molecule has 1 aliphatic rings. The van der Waals surface area contributed by atoms with Crippen molar-refractivity contribution in [3.05, 3.63) is 78.2 Å². The molecule has 1 saturated heterocycles. The van der Waals surface area contributed by atoms with Crippen LogP contribution in [0.25, 0.3) is 11.3 Å². The normalized spacial score (nSPS) is 16.5. The van der Waals surface area contributed by atoms with Crippen LogP contribution in [0, 0.1) is 5.82 Å². The van der Waals surface area contributed by atoms with Gasteiger partial charge in [-0.25, -0.2) is 4.39 Å². The summed E-state index contributed by atoms with van der Waals surface area (Å²) in [4.78, 5) is 9.09. The van der Waals surface area contributed by atoms with Crippen LogP contribution < -0.4 is 4.90 Å². The summed E-state index contributed by atoms with van der Waals surface area (Å²) in [6.45, 7) is 6.43. The second kappa shape index (κ2) is 8.75. The van der Waals surface area contributed by atoms with Crippen LogP contribution >= 0.6 is 11.8 Å². The standard InChI is InChI=1S/C24H23F4N3S/c1-23(2)15-30(20-7-9-21(10-8-20)32-24(26,27)28)16-31(23)14-17-11-12-29-22(13-17)18-3-5-19(25)6-4-18/h3-13H,14-16H2,1-2H3. The molecule has 1 aromatic heterocycles. The largest absolute Gasteiger partial charge is 0.446 e. The van der Waals surface area contributed by atoms with Gasteiger partial charge in [-0.3, -0.25) is 9.88 Å². The molecule has 2 heterocycles. The first kappa shape index (κ1) is 22.6. The number of anilines is 1. The Labute approximate surface area is 189 Å². The lowest BCUT2D eigenvalue weighted by atomic mass is 10.0. The number of rotatable bonds is 5. The van der Waals surface area contributed by atoms with Crippen molar-refractivity contribution in [1.82, 2.24) is 9.88 Å². The maximum absolute atomic E-state index is 13.2. The Morgan fingerprint density at radius 2 is 1.69 bits per heavy atom. The third-order valence-corrected chi connectivity index (χ3v) is 6.29. The molecule has 0 spiro atoms. The summed E-state index contributed by atoms with van der Waals surface area (Å²) < 4.78 is 51.0. The summed E-state index contributed by atoms with van der Waals surface area (Å²) in [5, 5.41) is 0. The van der Waals surface area contributed by atoms with Crippen LogP contribution in [0.1, 0.15) is 19.4 Å². The first-order valence-corrected chi connectivity index (χ1v) is 11.0. The number of halogens is 4. The fourth-order valence-corrected chi connectivity index (χ4v) is 4.42. The van der Waals surface area contributed by atoms with Crippen LogP contribution in [0.5, 0.6) is 0 Å². The van der Waals surface area contributed by atoms with E-state index in [4.69, 9.17) is 0 Å². The number of pyridine rings is 1. The lowest BCUT2D eigenvalue weighted by Gasteiger charge is -2.29. The van der Waals surface area contributed by atoms with Crippen LogP contribution in [-0.4, -0.2) is 34.1 Å². The minimum Gasteiger partial charge on any atom is -0.357 e. The Morgan fingerprint density at radius 3 is 2.34 bits per heavy atom. The molecule has 32 heavy (non-hydrogen) atoms. The van der Waals surface area contributed by atoms with Crippen molar-refractivity contribution in [2.45, 2.75) is 36.3 Å². The number of benzene rings is 2. The van der Waals surface area contributed by atoms with Gasteiger partial charge in [0.25, 0.3) is 0 Å². The molecule has 0 N–H and O–H groups in total. The minimum absolute atomic E-state index is 0.101. The van der Waals surface area contributed by atoms with Gasteiger partial charge in [0, 0.05) is 41.0 Å². The maximum Gasteiger partial charge on any atom is 0.446 e. The topological polar surface area (TPSA) is 19.4 Å². The van der Waals surface area contributed by atoms with Crippen molar-refractivity contribution < 1.29 is 17.6 Å². The zero-order chi connectivity index (χ0) is 22.9. The number of alkyl halides is 3. The number of hydrogen-bond donors (Lipinski definition) is 0. The smallest absolute Gasteiger partial charge is 0.357 e. The first-order chi connectivity index (χ1) is 15.1. The molecule has 0 saturated carbocycles. The Bertz CT molecular complexity index is 1070. The Morgan fingerprint density at radius 1 is 1.00 bits per heavy atom. The summed E-state index contributed by atoms with van der Waals surface area (Å²) in [5.41, 5.74) is -0.786. The second-order valence-corrected chi connectivity index (χ2v) is 9.59. The maximum atomic E-state index is 13.2. The quantitative estimate of drug-likeness (QED) is 0.317. The minimum atomic E-state index is -4.29. The molecular weight excluding hydrogens is 438 g/mol. The number of aromatic nitrogens is 1. The highest BCUT2D eigenvalue weighted by Gasteiger charge is 2.37. The molecule has 4 rings (SSSR count). The highest BCUT2D eigenvalue weighted by Crippen LogP contribution is 2.38. The van der Waals surface area contributed by atoms with Gasteiger partial charge in [0.05, 0.1) is 12.4 Å². The lowest BCUT2D eigenvalue weighted by molar-refractivity contribution is -0.0328. The Hall–Kier alpha value is -2.58. The second-order valence-electron chi connectivity index (χ2n) is 8.45. The van der Waals surface area contributed by atoms with Gasteiger partial charge in [0.1, 0.15) is 5.82 Å². The summed E-state index contributed by atoms with van der Waals surface area (Å²) in [5.74, 6) is -0.283. The van der Waals surface area contributed by atoms with E-state index in [1.54, 1.807) is 30.5 Å². The Balaban J connectivity index is 1.47. The third kappa shape index (κ3) is 5.42. The van der Waals surface area contributed by atoms with E-state index in [0.29, 0.717) is 13.2 Å². The average Bonchev–Trinajstić information content (AvgIpc) is 3.02. The molecule has 0 bridgehead atoms.